The molecule has 22 heavy (non-hydrogen) atoms. The van der Waals surface area contributed by atoms with E-state index in [2.05, 4.69) is 5.32 Å². The number of nitrogens with one attached hydrogen (secondary N) is 1. The molecule has 1 aromatic heterocycles. The van der Waals surface area contributed by atoms with Crippen LogP contribution >= 0.6 is 0 Å². The fourth-order valence-electron chi connectivity index (χ4n) is 2.66. The molecule has 1 aromatic carbocycles. The molecule has 0 saturated heterocycles. The molecule has 1 aliphatic heterocycles. The number of para-hydroxylation sites is 1. The minimum Gasteiger partial charge on any atom is -0.361 e. The number of carbonyl (C=O) groups excluding carboxylic acids is 1. The number of fused-ring (bicyclic) bond motifs is 1. The van der Waals surface area contributed by atoms with E-state index in [9.17, 15) is 14.4 Å². The van der Waals surface area contributed by atoms with Crippen molar-refractivity contribution in [2.75, 3.05) is 12.4 Å². The zero-order valence-corrected chi connectivity index (χ0v) is 12.5. The van der Waals surface area contributed by atoms with Gasteiger partial charge in [-0.25, -0.2) is 4.79 Å². The van der Waals surface area contributed by atoms with Gasteiger partial charge in [0.25, 0.3) is 11.5 Å². The van der Waals surface area contributed by atoms with Gasteiger partial charge in [0.05, 0.1) is 11.1 Å². The van der Waals surface area contributed by atoms with Gasteiger partial charge in [-0.15, -0.1) is 0 Å². The molecule has 1 amide bonds. The van der Waals surface area contributed by atoms with E-state index in [1.807, 2.05) is 6.07 Å². The molecule has 0 spiro atoms. The van der Waals surface area contributed by atoms with Crippen molar-refractivity contribution in [3.05, 3.63) is 62.4 Å². The summed E-state index contributed by atoms with van der Waals surface area (Å²) in [6.07, 6.45) is 0.855. The third-order valence-electron chi connectivity index (χ3n) is 3.92. The van der Waals surface area contributed by atoms with Crippen LogP contribution in [0.25, 0.3) is 0 Å². The largest absolute Gasteiger partial charge is 0.361 e. The second-order valence-corrected chi connectivity index (χ2v) is 5.35. The van der Waals surface area contributed by atoms with Crippen LogP contribution < -0.4 is 16.6 Å². The fourth-order valence-corrected chi connectivity index (χ4v) is 2.66. The Balaban J connectivity index is 2.17. The van der Waals surface area contributed by atoms with Crippen LogP contribution in [0, 0.1) is 0 Å². The first-order valence-electron chi connectivity index (χ1n) is 6.81. The van der Waals surface area contributed by atoms with Gasteiger partial charge in [-0.2, -0.15) is 0 Å². The van der Waals surface area contributed by atoms with Crippen molar-refractivity contribution in [2.45, 2.75) is 6.17 Å². The van der Waals surface area contributed by atoms with E-state index in [-0.39, 0.29) is 5.91 Å². The molecule has 1 N–H and O–H groups in total. The van der Waals surface area contributed by atoms with Crippen LogP contribution in [0.4, 0.5) is 5.69 Å². The molecule has 3 rings (SSSR count). The zero-order valence-electron chi connectivity index (χ0n) is 12.5. The highest BCUT2D eigenvalue weighted by Crippen LogP contribution is 2.30. The number of anilines is 1. The molecular formula is C15H16N4O3. The van der Waals surface area contributed by atoms with Gasteiger partial charge >= 0.3 is 5.69 Å². The predicted molar refractivity (Wildman–Crippen MR) is 81.8 cm³/mol. The number of aromatic nitrogens is 2. The molecule has 1 unspecified atom stereocenters. The number of nitrogens with zero attached hydrogens (tertiary/aromatic N) is 3. The topological polar surface area (TPSA) is 76.3 Å². The van der Waals surface area contributed by atoms with E-state index in [1.54, 1.807) is 32.3 Å². The van der Waals surface area contributed by atoms with Gasteiger partial charge in [0, 0.05) is 33.0 Å². The van der Waals surface area contributed by atoms with Crippen molar-refractivity contribution in [2.24, 2.45) is 14.1 Å². The molecule has 1 atom stereocenters. The molecule has 0 aliphatic carbocycles. The number of amides is 1. The van der Waals surface area contributed by atoms with Crippen molar-refractivity contribution in [3.63, 3.8) is 0 Å². The first kappa shape index (κ1) is 14.1. The summed E-state index contributed by atoms with van der Waals surface area (Å²) in [4.78, 5) is 38.1. The van der Waals surface area contributed by atoms with Crippen molar-refractivity contribution < 1.29 is 4.79 Å². The average molecular weight is 300 g/mol. The Morgan fingerprint density at radius 2 is 1.73 bits per heavy atom. The predicted octanol–water partition coefficient (Wildman–Crippen LogP) is 0.280. The summed E-state index contributed by atoms with van der Waals surface area (Å²) in [7, 11) is 4.62. The summed E-state index contributed by atoms with van der Waals surface area (Å²) in [6.45, 7) is 0. The highest BCUT2D eigenvalue weighted by Gasteiger charge is 2.32. The summed E-state index contributed by atoms with van der Waals surface area (Å²) >= 11 is 0. The lowest BCUT2D eigenvalue weighted by Gasteiger charge is -2.35. The number of hydrogen-bond donors (Lipinski definition) is 1. The molecule has 0 saturated carbocycles. The molecule has 2 aromatic rings. The summed E-state index contributed by atoms with van der Waals surface area (Å²) in [6, 6.07) is 7.13. The summed E-state index contributed by atoms with van der Waals surface area (Å²) < 4.78 is 2.37. The normalized spacial score (nSPS) is 17.1. The quantitative estimate of drug-likeness (QED) is 0.821. The lowest BCUT2D eigenvalue weighted by atomic mass is 10.1. The minimum absolute atomic E-state index is 0.171. The van der Waals surface area contributed by atoms with Crippen molar-refractivity contribution in [3.8, 4) is 0 Å². The van der Waals surface area contributed by atoms with Gasteiger partial charge in [0.2, 0.25) is 0 Å². The van der Waals surface area contributed by atoms with Crippen LogP contribution in [0.1, 0.15) is 22.1 Å². The Morgan fingerprint density at radius 3 is 2.45 bits per heavy atom. The van der Waals surface area contributed by atoms with Crippen LogP contribution in [0.5, 0.6) is 0 Å². The average Bonchev–Trinajstić information content (AvgIpc) is 2.52. The smallest absolute Gasteiger partial charge is 0.330 e. The van der Waals surface area contributed by atoms with E-state index >= 15 is 0 Å². The molecule has 0 fully saturated rings. The van der Waals surface area contributed by atoms with E-state index < -0.39 is 17.4 Å². The van der Waals surface area contributed by atoms with E-state index in [4.69, 9.17) is 0 Å². The monoisotopic (exact) mass is 300 g/mol. The Labute approximate surface area is 126 Å². The number of benzene rings is 1. The maximum atomic E-state index is 12.5. The Hall–Kier alpha value is -2.83. The number of rotatable bonds is 1. The fraction of sp³-hybridized carbons (Fsp3) is 0.267. The summed E-state index contributed by atoms with van der Waals surface area (Å²) in [5, 5.41) is 3.18. The molecule has 0 radical (unpaired) electrons. The third-order valence-corrected chi connectivity index (χ3v) is 3.92. The van der Waals surface area contributed by atoms with Gasteiger partial charge in [-0.3, -0.25) is 14.2 Å². The van der Waals surface area contributed by atoms with E-state index in [1.165, 1.54) is 22.7 Å². The molecule has 1 aliphatic rings. The molecular weight excluding hydrogens is 284 g/mol. The Bertz CT molecular complexity index is 881. The van der Waals surface area contributed by atoms with Crippen LogP contribution in [-0.2, 0) is 14.1 Å². The van der Waals surface area contributed by atoms with E-state index in [0.29, 0.717) is 16.8 Å². The zero-order chi connectivity index (χ0) is 16.0. The molecule has 7 heteroatoms. The highest BCUT2D eigenvalue weighted by atomic mass is 16.2. The van der Waals surface area contributed by atoms with Crippen molar-refractivity contribution in [1.29, 1.82) is 0 Å². The van der Waals surface area contributed by atoms with E-state index in [0.717, 1.165) is 4.57 Å². The van der Waals surface area contributed by atoms with Gasteiger partial charge in [0.15, 0.2) is 0 Å². The second kappa shape index (κ2) is 4.87. The maximum Gasteiger partial charge on any atom is 0.330 e. The highest BCUT2D eigenvalue weighted by molar-refractivity contribution is 6.01. The maximum absolute atomic E-state index is 12.5. The number of aryl methyl sites for hydroxylation is 1. The Kier molecular flexibility index (Phi) is 3.13. The first-order chi connectivity index (χ1) is 10.4. The van der Waals surface area contributed by atoms with Crippen LogP contribution in [-0.4, -0.2) is 27.0 Å². The lowest BCUT2D eigenvalue weighted by molar-refractivity contribution is 0.0733. The van der Waals surface area contributed by atoms with Gasteiger partial charge in [-0.1, -0.05) is 12.1 Å². The first-order valence-corrected chi connectivity index (χ1v) is 6.81. The van der Waals surface area contributed by atoms with Gasteiger partial charge in [-0.05, 0) is 12.1 Å². The number of carbonyl (C=O) groups is 1. The SMILES string of the molecule is CN1C(=O)c2ccccc2NC1c1cn(C)c(=O)n(C)c1=O. The summed E-state index contributed by atoms with van der Waals surface area (Å²) in [5.74, 6) is -0.171. The molecule has 7 nitrogen and oxygen atoms in total. The van der Waals surface area contributed by atoms with Crippen LogP contribution in [0.3, 0.4) is 0 Å². The molecule has 2 heterocycles. The molecule has 114 valence electrons. The lowest BCUT2D eigenvalue weighted by Crippen LogP contribution is -2.46. The van der Waals surface area contributed by atoms with Crippen LogP contribution in [0.15, 0.2) is 40.1 Å². The number of hydrogen-bond acceptors (Lipinski definition) is 4. The second-order valence-electron chi connectivity index (χ2n) is 5.35. The summed E-state index contributed by atoms with van der Waals surface area (Å²) in [5.41, 5.74) is 0.753. The van der Waals surface area contributed by atoms with Gasteiger partial charge in [0.1, 0.15) is 6.17 Å². The standard InChI is InChI=1S/C15H16N4O3/c1-17-8-10(14(21)19(3)15(17)22)12-16-11-7-5-4-6-9(11)13(20)18(12)2/h4-8,12,16H,1-3H3. The van der Waals surface area contributed by atoms with Crippen molar-refractivity contribution >= 4 is 11.6 Å². The van der Waals surface area contributed by atoms with Gasteiger partial charge < -0.3 is 14.8 Å². The molecule has 0 bridgehead atoms. The third kappa shape index (κ3) is 1.93. The van der Waals surface area contributed by atoms with Crippen molar-refractivity contribution in [1.82, 2.24) is 14.0 Å². The van der Waals surface area contributed by atoms with Crippen LogP contribution in [0.2, 0.25) is 0 Å². The Morgan fingerprint density at radius 1 is 1.05 bits per heavy atom. The minimum atomic E-state index is -0.618.